The summed E-state index contributed by atoms with van der Waals surface area (Å²) in [4.78, 5) is 23.0. The zero-order chi connectivity index (χ0) is 18.1. The molecule has 0 saturated heterocycles. The summed E-state index contributed by atoms with van der Waals surface area (Å²) < 4.78 is 5.66. The lowest BCUT2D eigenvalue weighted by atomic mass is 10.2. The van der Waals surface area contributed by atoms with Crippen LogP contribution in [0, 0.1) is 10.1 Å². The molecule has 0 saturated carbocycles. The number of anilines is 2. The molecule has 8 nitrogen and oxygen atoms in total. The van der Waals surface area contributed by atoms with Crippen molar-refractivity contribution in [3.8, 4) is 11.5 Å². The maximum absolute atomic E-state index is 10.8. The van der Waals surface area contributed by atoms with Crippen molar-refractivity contribution < 1.29 is 9.34 Å². The number of benzene rings is 2. The van der Waals surface area contributed by atoms with E-state index in [4.69, 9.17) is 16.0 Å². The SMILES string of the molecule is O=[N+]([O-])c1ccc(-c2nc3c(Nc4ccc(Cl)cc4)ncnc3o2)cc1. The lowest BCUT2D eigenvalue weighted by Crippen LogP contribution is -1.95. The molecule has 0 spiro atoms. The van der Waals surface area contributed by atoms with E-state index in [0.29, 0.717) is 33.5 Å². The zero-order valence-electron chi connectivity index (χ0n) is 13.1. The Morgan fingerprint density at radius 1 is 1.04 bits per heavy atom. The van der Waals surface area contributed by atoms with Crippen molar-refractivity contribution in [1.29, 1.82) is 0 Å². The van der Waals surface area contributed by atoms with Gasteiger partial charge in [0, 0.05) is 28.4 Å². The highest BCUT2D eigenvalue weighted by atomic mass is 35.5. The average Bonchev–Trinajstić information content (AvgIpc) is 3.09. The first-order valence-corrected chi connectivity index (χ1v) is 7.87. The van der Waals surface area contributed by atoms with Crippen LogP contribution in [0.25, 0.3) is 22.7 Å². The summed E-state index contributed by atoms with van der Waals surface area (Å²) in [6, 6.07) is 13.1. The molecule has 0 aliphatic rings. The highest BCUT2D eigenvalue weighted by Gasteiger charge is 2.15. The van der Waals surface area contributed by atoms with Crippen LogP contribution in [0.3, 0.4) is 0 Å². The van der Waals surface area contributed by atoms with Crippen LogP contribution in [0.15, 0.2) is 59.3 Å². The molecule has 0 radical (unpaired) electrons. The highest BCUT2D eigenvalue weighted by Crippen LogP contribution is 2.29. The summed E-state index contributed by atoms with van der Waals surface area (Å²) in [5.41, 5.74) is 2.15. The molecule has 26 heavy (non-hydrogen) atoms. The third-order valence-electron chi connectivity index (χ3n) is 3.63. The number of nitro groups is 1. The summed E-state index contributed by atoms with van der Waals surface area (Å²) >= 11 is 5.89. The van der Waals surface area contributed by atoms with E-state index in [1.165, 1.54) is 18.5 Å². The first-order valence-electron chi connectivity index (χ1n) is 7.49. The number of oxazole rings is 1. The van der Waals surface area contributed by atoms with Gasteiger partial charge in [-0.25, -0.2) is 9.97 Å². The van der Waals surface area contributed by atoms with Gasteiger partial charge in [0.2, 0.25) is 5.89 Å². The fourth-order valence-electron chi connectivity index (χ4n) is 2.36. The predicted molar refractivity (Wildman–Crippen MR) is 96.4 cm³/mol. The molecule has 0 atom stereocenters. The van der Waals surface area contributed by atoms with Crippen LogP contribution in [0.4, 0.5) is 17.2 Å². The first kappa shape index (κ1) is 16.0. The number of halogens is 1. The molecule has 128 valence electrons. The van der Waals surface area contributed by atoms with E-state index in [-0.39, 0.29) is 5.69 Å². The molecule has 2 heterocycles. The quantitative estimate of drug-likeness (QED) is 0.415. The molecular weight excluding hydrogens is 358 g/mol. The molecule has 0 amide bonds. The number of nitro benzene ring substituents is 1. The monoisotopic (exact) mass is 367 g/mol. The molecular formula is C17H10ClN5O3. The molecule has 0 aliphatic heterocycles. The maximum Gasteiger partial charge on any atom is 0.269 e. The van der Waals surface area contributed by atoms with Gasteiger partial charge in [0.15, 0.2) is 11.3 Å². The summed E-state index contributed by atoms with van der Waals surface area (Å²) in [6.07, 6.45) is 1.37. The molecule has 0 aliphatic carbocycles. The van der Waals surface area contributed by atoms with Gasteiger partial charge in [-0.2, -0.15) is 4.98 Å². The second kappa shape index (κ2) is 6.41. The molecule has 2 aromatic carbocycles. The summed E-state index contributed by atoms with van der Waals surface area (Å²) in [7, 11) is 0. The van der Waals surface area contributed by atoms with Crippen LogP contribution in [0.2, 0.25) is 5.02 Å². The number of aromatic nitrogens is 3. The summed E-state index contributed by atoms with van der Waals surface area (Å²) in [5.74, 6) is 0.781. The third kappa shape index (κ3) is 3.05. The maximum atomic E-state index is 10.8. The van der Waals surface area contributed by atoms with Crippen LogP contribution < -0.4 is 5.32 Å². The molecule has 0 bridgehead atoms. The van der Waals surface area contributed by atoms with E-state index in [9.17, 15) is 10.1 Å². The minimum absolute atomic E-state index is 0.00486. The lowest BCUT2D eigenvalue weighted by molar-refractivity contribution is -0.384. The van der Waals surface area contributed by atoms with Gasteiger partial charge in [0.25, 0.3) is 11.4 Å². The van der Waals surface area contributed by atoms with Crippen molar-refractivity contribution >= 4 is 40.0 Å². The van der Waals surface area contributed by atoms with Crippen LogP contribution in [-0.4, -0.2) is 19.9 Å². The average molecular weight is 368 g/mol. The molecule has 0 fully saturated rings. The highest BCUT2D eigenvalue weighted by molar-refractivity contribution is 6.30. The number of hydrogen-bond donors (Lipinski definition) is 1. The molecule has 2 aromatic heterocycles. The Balaban J connectivity index is 1.70. The van der Waals surface area contributed by atoms with Crippen LogP contribution in [-0.2, 0) is 0 Å². The zero-order valence-corrected chi connectivity index (χ0v) is 13.8. The van der Waals surface area contributed by atoms with Crippen molar-refractivity contribution in [3.05, 3.63) is 70.0 Å². The lowest BCUT2D eigenvalue weighted by Gasteiger charge is -2.04. The Kier molecular flexibility index (Phi) is 3.94. The number of fused-ring (bicyclic) bond motifs is 1. The van der Waals surface area contributed by atoms with Crippen LogP contribution >= 0.6 is 11.6 Å². The van der Waals surface area contributed by atoms with E-state index in [2.05, 4.69) is 20.3 Å². The molecule has 9 heteroatoms. The van der Waals surface area contributed by atoms with Crippen molar-refractivity contribution in [2.24, 2.45) is 0 Å². The van der Waals surface area contributed by atoms with Gasteiger partial charge in [0.1, 0.15) is 6.33 Å². The van der Waals surface area contributed by atoms with E-state index in [0.717, 1.165) is 5.69 Å². The Morgan fingerprint density at radius 3 is 2.46 bits per heavy atom. The number of nitrogens with zero attached hydrogens (tertiary/aromatic N) is 4. The number of nitrogens with one attached hydrogen (secondary N) is 1. The van der Waals surface area contributed by atoms with Gasteiger partial charge in [-0.05, 0) is 36.4 Å². The molecule has 0 unspecified atom stereocenters. The van der Waals surface area contributed by atoms with Gasteiger partial charge >= 0.3 is 0 Å². The van der Waals surface area contributed by atoms with Crippen LogP contribution in [0.1, 0.15) is 0 Å². The van der Waals surface area contributed by atoms with E-state index >= 15 is 0 Å². The van der Waals surface area contributed by atoms with Gasteiger partial charge in [-0.15, -0.1) is 0 Å². The van der Waals surface area contributed by atoms with E-state index in [1.807, 2.05) is 12.1 Å². The molecule has 4 rings (SSSR count). The van der Waals surface area contributed by atoms with Crippen molar-refractivity contribution in [1.82, 2.24) is 15.0 Å². The minimum Gasteiger partial charge on any atom is -0.417 e. The van der Waals surface area contributed by atoms with Gasteiger partial charge in [-0.1, -0.05) is 11.6 Å². The fraction of sp³-hybridized carbons (Fsp3) is 0. The summed E-state index contributed by atoms with van der Waals surface area (Å²) in [5, 5.41) is 14.5. The summed E-state index contributed by atoms with van der Waals surface area (Å²) in [6.45, 7) is 0. The van der Waals surface area contributed by atoms with Gasteiger partial charge < -0.3 is 9.73 Å². The normalized spacial score (nSPS) is 10.8. The van der Waals surface area contributed by atoms with Gasteiger partial charge in [0.05, 0.1) is 4.92 Å². The fourth-order valence-corrected chi connectivity index (χ4v) is 2.49. The molecule has 4 aromatic rings. The Hall–Kier alpha value is -3.52. The number of rotatable bonds is 4. The second-order valence-electron chi connectivity index (χ2n) is 5.33. The van der Waals surface area contributed by atoms with E-state index in [1.54, 1.807) is 24.3 Å². The predicted octanol–water partition coefficient (Wildman–Crippen LogP) is 4.59. The standard InChI is InChI=1S/C17H10ClN5O3/c18-11-3-5-12(6-4-11)21-15-14-17(20-9-19-15)26-16(22-14)10-1-7-13(8-2-10)23(24)25/h1-9H,(H,19,20,21). The van der Waals surface area contributed by atoms with Crippen molar-refractivity contribution in [3.63, 3.8) is 0 Å². The van der Waals surface area contributed by atoms with E-state index < -0.39 is 4.92 Å². The van der Waals surface area contributed by atoms with Gasteiger partial charge in [-0.3, -0.25) is 10.1 Å². The number of non-ortho nitro benzene ring substituents is 1. The largest absolute Gasteiger partial charge is 0.417 e. The first-order chi connectivity index (χ1) is 12.6. The topological polar surface area (TPSA) is 107 Å². The Bertz CT molecular complexity index is 1090. The van der Waals surface area contributed by atoms with Crippen LogP contribution in [0.5, 0.6) is 0 Å². The second-order valence-corrected chi connectivity index (χ2v) is 5.77. The smallest absolute Gasteiger partial charge is 0.269 e. The Labute approximate surface area is 151 Å². The van der Waals surface area contributed by atoms with Crippen molar-refractivity contribution in [2.45, 2.75) is 0 Å². The third-order valence-corrected chi connectivity index (χ3v) is 3.88. The number of hydrogen-bond acceptors (Lipinski definition) is 7. The van der Waals surface area contributed by atoms with Crippen molar-refractivity contribution in [2.75, 3.05) is 5.32 Å². The minimum atomic E-state index is -0.463. The molecule has 1 N–H and O–H groups in total. The Morgan fingerprint density at radius 2 is 1.77 bits per heavy atom.